The molecule has 0 aliphatic heterocycles. The Labute approximate surface area is 104 Å². The molecule has 1 heterocycles. The molecule has 0 aliphatic carbocycles. The molecule has 0 amide bonds. The van der Waals surface area contributed by atoms with Gasteiger partial charge < -0.3 is 5.11 Å². The van der Waals surface area contributed by atoms with Gasteiger partial charge in [0.05, 0.1) is 0 Å². The molecule has 0 bridgehead atoms. The Kier molecular flexibility index (Phi) is 3.77. The molecule has 1 N–H and O–H groups in total. The lowest BCUT2D eigenvalue weighted by atomic mass is 10.1. The van der Waals surface area contributed by atoms with E-state index < -0.39 is 11.2 Å². The maximum absolute atomic E-state index is 11.3. The minimum Gasteiger partial charge on any atom is -0.480 e. The number of carboxylic acids is 1. The first kappa shape index (κ1) is 11.7. The van der Waals surface area contributed by atoms with Crippen molar-refractivity contribution >= 4 is 17.7 Å². The number of carboxylic acid groups (broad SMARTS) is 1. The van der Waals surface area contributed by atoms with Crippen LogP contribution in [0.5, 0.6) is 0 Å². The molecule has 2 aromatic rings. The minimum absolute atomic E-state index is 0.585. The smallest absolute Gasteiger partial charge is 0.321 e. The summed E-state index contributed by atoms with van der Waals surface area (Å²) < 4.78 is 0. The van der Waals surface area contributed by atoms with Crippen LogP contribution in [0.15, 0.2) is 59.8 Å². The number of thioether (sulfide) groups is 1. The fourth-order valence-electron chi connectivity index (χ4n) is 1.44. The Hall–Kier alpha value is -1.81. The van der Waals surface area contributed by atoms with Crippen LogP contribution in [0.3, 0.4) is 0 Å². The van der Waals surface area contributed by atoms with E-state index in [0.717, 1.165) is 10.5 Å². The van der Waals surface area contributed by atoms with Gasteiger partial charge in [-0.15, -0.1) is 11.8 Å². The third kappa shape index (κ3) is 3.07. The average Bonchev–Trinajstić information content (AvgIpc) is 2.38. The number of rotatable bonds is 4. The first-order chi connectivity index (χ1) is 8.27. The van der Waals surface area contributed by atoms with E-state index in [1.807, 2.05) is 42.5 Å². The molecular weight excluding hydrogens is 234 g/mol. The number of carbonyl (C=O) groups is 1. The summed E-state index contributed by atoms with van der Waals surface area (Å²) in [5, 5.41) is 8.67. The van der Waals surface area contributed by atoms with Crippen molar-refractivity contribution in [2.75, 3.05) is 0 Å². The van der Waals surface area contributed by atoms with Crippen molar-refractivity contribution in [2.24, 2.45) is 0 Å². The molecule has 0 aliphatic rings. The zero-order valence-electron chi connectivity index (χ0n) is 8.98. The van der Waals surface area contributed by atoms with Gasteiger partial charge in [-0.1, -0.05) is 30.3 Å². The Morgan fingerprint density at radius 2 is 1.76 bits per heavy atom. The highest BCUT2D eigenvalue weighted by Gasteiger charge is 2.20. The van der Waals surface area contributed by atoms with Crippen LogP contribution in [0, 0.1) is 0 Å². The Balaban J connectivity index is 2.23. The summed E-state index contributed by atoms with van der Waals surface area (Å²) in [6, 6.07) is 12.8. The first-order valence-electron chi connectivity index (χ1n) is 5.12. The van der Waals surface area contributed by atoms with Crippen LogP contribution in [0.25, 0.3) is 0 Å². The van der Waals surface area contributed by atoms with Gasteiger partial charge in [0.25, 0.3) is 0 Å². The number of aliphatic carboxylic acids is 1. The summed E-state index contributed by atoms with van der Waals surface area (Å²) in [6.45, 7) is 0. The van der Waals surface area contributed by atoms with Crippen LogP contribution in [0.4, 0.5) is 0 Å². The molecule has 86 valence electrons. The van der Waals surface area contributed by atoms with E-state index in [0.29, 0.717) is 0 Å². The molecule has 0 saturated heterocycles. The highest BCUT2D eigenvalue weighted by molar-refractivity contribution is 8.00. The molecule has 2 rings (SSSR count). The lowest BCUT2D eigenvalue weighted by molar-refractivity contribution is -0.136. The Bertz CT molecular complexity index is 487. The van der Waals surface area contributed by atoms with E-state index in [1.165, 1.54) is 11.8 Å². The second-order valence-corrected chi connectivity index (χ2v) is 4.61. The molecule has 1 aromatic carbocycles. The van der Waals surface area contributed by atoms with Crippen LogP contribution >= 0.6 is 11.8 Å². The van der Waals surface area contributed by atoms with Crippen LogP contribution < -0.4 is 0 Å². The van der Waals surface area contributed by atoms with Crippen LogP contribution in [-0.4, -0.2) is 16.1 Å². The molecule has 4 heteroatoms. The third-order valence-corrected chi connectivity index (χ3v) is 3.48. The highest BCUT2D eigenvalue weighted by atomic mass is 32.2. The van der Waals surface area contributed by atoms with E-state index in [-0.39, 0.29) is 0 Å². The van der Waals surface area contributed by atoms with E-state index in [4.69, 9.17) is 0 Å². The first-order valence-corrected chi connectivity index (χ1v) is 6.00. The van der Waals surface area contributed by atoms with E-state index in [2.05, 4.69) is 4.98 Å². The van der Waals surface area contributed by atoms with Crippen LogP contribution in [-0.2, 0) is 4.79 Å². The largest absolute Gasteiger partial charge is 0.480 e. The number of hydrogen-bond acceptors (Lipinski definition) is 3. The number of hydrogen-bond donors (Lipinski definition) is 1. The number of pyridine rings is 1. The van der Waals surface area contributed by atoms with Gasteiger partial charge in [0.2, 0.25) is 0 Å². The zero-order valence-corrected chi connectivity index (χ0v) is 9.80. The molecule has 1 atom stereocenters. The van der Waals surface area contributed by atoms with E-state index in [9.17, 15) is 9.90 Å². The van der Waals surface area contributed by atoms with Crippen molar-refractivity contribution < 1.29 is 9.90 Å². The minimum atomic E-state index is -0.835. The lowest BCUT2D eigenvalue weighted by Gasteiger charge is -2.11. The normalized spacial score (nSPS) is 12.0. The lowest BCUT2D eigenvalue weighted by Crippen LogP contribution is -2.07. The zero-order chi connectivity index (χ0) is 12.1. The molecule has 0 radical (unpaired) electrons. The predicted octanol–water partition coefficient (Wildman–Crippen LogP) is 3.00. The topological polar surface area (TPSA) is 50.2 Å². The van der Waals surface area contributed by atoms with Crippen molar-refractivity contribution in [3.05, 3.63) is 60.4 Å². The molecule has 1 unspecified atom stereocenters. The standard InChI is InChI=1S/C13H11NO2S/c15-13(16)12(10-4-2-1-3-5-10)17-11-6-8-14-9-7-11/h1-9,12H,(H,15,16). The average molecular weight is 245 g/mol. The van der Waals surface area contributed by atoms with Gasteiger partial charge in [0.1, 0.15) is 5.25 Å². The quantitative estimate of drug-likeness (QED) is 0.841. The fourth-order valence-corrected chi connectivity index (χ4v) is 2.39. The van der Waals surface area contributed by atoms with E-state index in [1.54, 1.807) is 12.4 Å². The summed E-state index contributed by atoms with van der Waals surface area (Å²) in [7, 11) is 0. The number of benzene rings is 1. The van der Waals surface area contributed by atoms with Gasteiger partial charge in [-0.3, -0.25) is 9.78 Å². The second kappa shape index (κ2) is 5.50. The van der Waals surface area contributed by atoms with Crippen molar-refractivity contribution in [3.8, 4) is 0 Å². The monoisotopic (exact) mass is 245 g/mol. The summed E-state index contributed by atoms with van der Waals surface area (Å²) >= 11 is 1.31. The van der Waals surface area contributed by atoms with Gasteiger partial charge in [-0.25, -0.2) is 0 Å². The number of aromatic nitrogens is 1. The molecule has 3 nitrogen and oxygen atoms in total. The second-order valence-electron chi connectivity index (χ2n) is 3.43. The predicted molar refractivity (Wildman–Crippen MR) is 66.9 cm³/mol. The summed E-state index contributed by atoms with van der Waals surface area (Å²) in [6.07, 6.45) is 3.32. The summed E-state index contributed by atoms with van der Waals surface area (Å²) in [4.78, 5) is 16.1. The van der Waals surface area contributed by atoms with Crippen molar-refractivity contribution in [2.45, 2.75) is 10.1 Å². The van der Waals surface area contributed by atoms with E-state index >= 15 is 0 Å². The highest BCUT2D eigenvalue weighted by Crippen LogP contribution is 2.34. The molecule has 17 heavy (non-hydrogen) atoms. The Morgan fingerprint density at radius 3 is 2.35 bits per heavy atom. The van der Waals surface area contributed by atoms with Gasteiger partial charge in [0.15, 0.2) is 0 Å². The Morgan fingerprint density at radius 1 is 1.12 bits per heavy atom. The third-order valence-electron chi connectivity index (χ3n) is 2.23. The molecule has 0 saturated carbocycles. The SMILES string of the molecule is O=C(O)C(Sc1ccncc1)c1ccccc1. The molecular formula is C13H11NO2S. The van der Waals surface area contributed by atoms with Gasteiger partial charge in [0, 0.05) is 17.3 Å². The van der Waals surface area contributed by atoms with Crippen LogP contribution in [0.2, 0.25) is 0 Å². The maximum Gasteiger partial charge on any atom is 0.321 e. The van der Waals surface area contributed by atoms with Gasteiger partial charge in [-0.2, -0.15) is 0 Å². The molecule has 1 aromatic heterocycles. The van der Waals surface area contributed by atoms with Crippen LogP contribution in [0.1, 0.15) is 10.8 Å². The van der Waals surface area contributed by atoms with Gasteiger partial charge in [-0.05, 0) is 17.7 Å². The summed E-state index contributed by atoms with van der Waals surface area (Å²) in [5.41, 5.74) is 0.793. The summed E-state index contributed by atoms with van der Waals surface area (Å²) in [5.74, 6) is -0.835. The van der Waals surface area contributed by atoms with Crippen molar-refractivity contribution in [1.29, 1.82) is 0 Å². The van der Waals surface area contributed by atoms with Crippen molar-refractivity contribution in [1.82, 2.24) is 4.98 Å². The fraction of sp³-hybridized carbons (Fsp3) is 0.0769. The van der Waals surface area contributed by atoms with Crippen molar-refractivity contribution in [3.63, 3.8) is 0 Å². The van der Waals surface area contributed by atoms with Gasteiger partial charge >= 0.3 is 5.97 Å². The molecule has 0 spiro atoms. The maximum atomic E-state index is 11.3. The number of nitrogens with zero attached hydrogens (tertiary/aromatic N) is 1. The molecule has 0 fully saturated rings.